The van der Waals surface area contributed by atoms with Crippen LogP contribution < -0.4 is 10.6 Å². The van der Waals surface area contributed by atoms with Crippen molar-refractivity contribution in [2.24, 2.45) is 5.73 Å². The van der Waals surface area contributed by atoms with E-state index in [1.165, 1.54) is 24.9 Å². The van der Waals surface area contributed by atoms with E-state index < -0.39 is 0 Å². The van der Waals surface area contributed by atoms with Gasteiger partial charge in [0, 0.05) is 25.2 Å². The highest BCUT2D eigenvalue weighted by Gasteiger charge is 2.34. The second-order valence-corrected chi connectivity index (χ2v) is 5.99. The van der Waals surface area contributed by atoms with Crippen molar-refractivity contribution in [1.29, 1.82) is 0 Å². The Hall–Kier alpha value is -1.20. The van der Waals surface area contributed by atoms with Gasteiger partial charge in [0.2, 0.25) is 0 Å². The molecule has 3 rings (SSSR count). The summed E-state index contributed by atoms with van der Waals surface area (Å²) in [6.07, 6.45) is 5.81. The van der Waals surface area contributed by atoms with E-state index in [1.807, 2.05) is 12.3 Å². The van der Waals surface area contributed by atoms with Crippen LogP contribution in [0.1, 0.15) is 25.0 Å². The fraction of sp³-hybridized carbons (Fsp3) is 0.571. The number of pyridine rings is 1. The van der Waals surface area contributed by atoms with Crippen molar-refractivity contribution >= 4 is 22.9 Å². The van der Waals surface area contributed by atoms with E-state index in [-0.39, 0.29) is 0 Å². The Kier molecular flexibility index (Phi) is 3.41. The lowest BCUT2D eigenvalue weighted by Crippen LogP contribution is -2.36. The van der Waals surface area contributed by atoms with Crippen molar-refractivity contribution in [3.63, 3.8) is 0 Å². The molecule has 0 aliphatic carbocycles. The first kappa shape index (κ1) is 12.8. The fourth-order valence-corrected chi connectivity index (χ4v) is 3.38. The standard InChI is InChI=1S/C14H20N4S/c1-17-10-2-3-12(17)9-18(7-6-10)11-4-5-13(14(15)19)16-8-11/h4-5,8,10,12H,2-3,6-7,9H2,1H3,(H2,15,19). The van der Waals surface area contributed by atoms with Gasteiger partial charge >= 0.3 is 0 Å². The molecule has 5 heteroatoms. The second kappa shape index (κ2) is 5.06. The summed E-state index contributed by atoms with van der Waals surface area (Å²) in [6.45, 7) is 2.21. The molecule has 2 saturated heterocycles. The van der Waals surface area contributed by atoms with E-state index in [2.05, 4.69) is 27.9 Å². The topological polar surface area (TPSA) is 45.4 Å². The SMILES string of the molecule is CN1C2CCC1CN(c1ccc(C(N)=S)nc1)CC2. The molecule has 1 aromatic rings. The number of likely N-dealkylation sites (N-methyl/N-ethyl adjacent to an activating group) is 1. The molecule has 0 saturated carbocycles. The molecule has 2 unspecified atom stereocenters. The molecule has 0 radical (unpaired) electrons. The number of anilines is 1. The minimum absolute atomic E-state index is 0.362. The first-order valence-electron chi connectivity index (χ1n) is 6.88. The Bertz CT molecular complexity index is 473. The highest BCUT2D eigenvalue weighted by atomic mass is 32.1. The van der Waals surface area contributed by atoms with Gasteiger partial charge in [0.25, 0.3) is 0 Å². The molecule has 3 heterocycles. The summed E-state index contributed by atoms with van der Waals surface area (Å²) in [5.41, 5.74) is 7.47. The van der Waals surface area contributed by atoms with Gasteiger partial charge < -0.3 is 10.6 Å². The lowest BCUT2D eigenvalue weighted by Gasteiger charge is -2.27. The number of rotatable bonds is 2. The maximum Gasteiger partial charge on any atom is 0.122 e. The Morgan fingerprint density at radius 2 is 2.11 bits per heavy atom. The molecule has 2 fully saturated rings. The Balaban J connectivity index is 1.77. The van der Waals surface area contributed by atoms with Crippen molar-refractivity contribution in [1.82, 2.24) is 9.88 Å². The molecule has 19 heavy (non-hydrogen) atoms. The molecule has 0 aromatic carbocycles. The summed E-state index contributed by atoms with van der Waals surface area (Å²) in [6, 6.07) is 5.45. The summed E-state index contributed by atoms with van der Waals surface area (Å²) in [4.78, 5) is 9.70. The molecule has 2 N–H and O–H groups in total. The van der Waals surface area contributed by atoms with Gasteiger partial charge in [0.05, 0.1) is 17.6 Å². The molecule has 2 aliphatic heterocycles. The zero-order valence-corrected chi connectivity index (χ0v) is 12.1. The number of thiocarbonyl (C=S) groups is 1. The van der Waals surface area contributed by atoms with Crippen molar-refractivity contribution in [3.8, 4) is 0 Å². The average molecular weight is 276 g/mol. The Morgan fingerprint density at radius 1 is 1.32 bits per heavy atom. The molecule has 1 aromatic heterocycles. The summed E-state index contributed by atoms with van der Waals surface area (Å²) in [5, 5.41) is 0. The zero-order valence-electron chi connectivity index (χ0n) is 11.2. The molecular weight excluding hydrogens is 256 g/mol. The number of hydrogen-bond acceptors (Lipinski definition) is 4. The van der Waals surface area contributed by atoms with Gasteiger partial charge in [-0.3, -0.25) is 9.88 Å². The van der Waals surface area contributed by atoms with Crippen molar-refractivity contribution in [3.05, 3.63) is 24.0 Å². The normalized spacial score (nSPS) is 27.3. The van der Waals surface area contributed by atoms with Crippen LogP contribution in [-0.2, 0) is 0 Å². The van der Waals surface area contributed by atoms with Gasteiger partial charge in [-0.15, -0.1) is 0 Å². The highest BCUT2D eigenvalue weighted by Crippen LogP contribution is 2.30. The number of nitrogens with two attached hydrogens (primary N) is 1. The second-order valence-electron chi connectivity index (χ2n) is 5.55. The van der Waals surface area contributed by atoms with Crippen LogP contribution in [0.4, 0.5) is 5.69 Å². The summed E-state index contributed by atoms with van der Waals surface area (Å²) < 4.78 is 0. The number of aromatic nitrogens is 1. The molecule has 2 atom stereocenters. The molecule has 0 spiro atoms. The summed E-state index contributed by atoms with van der Waals surface area (Å²) >= 11 is 4.94. The molecule has 2 aliphatic rings. The zero-order chi connectivity index (χ0) is 13.4. The van der Waals surface area contributed by atoms with Crippen LogP contribution in [0.3, 0.4) is 0 Å². The van der Waals surface area contributed by atoms with Crippen LogP contribution in [0.5, 0.6) is 0 Å². The Morgan fingerprint density at radius 3 is 2.79 bits per heavy atom. The van der Waals surface area contributed by atoms with E-state index in [0.29, 0.717) is 16.7 Å². The van der Waals surface area contributed by atoms with Crippen LogP contribution in [0.15, 0.2) is 18.3 Å². The lowest BCUT2D eigenvalue weighted by atomic mass is 10.1. The van der Waals surface area contributed by atoms with Crippen molar-refractivity contribution < 1.29 is 0 Å². The largest absolute Gasteiger partial charge is 0.388 e. The van der Waals surface area contributed by atoms with E-state index in [1.54, 1.807) is 0 Å². The van der Waals surface area contributed by atoms with E-state index in [9.17, 15) is 0 Å². The van der Waals surface area contributed by atoms with Crippen LogP contribution in [-0.4, -0.2) is 47.1 Å². The smallest absolute Gasteiger partial charge is 0.122 e. The average Bonchev–Trinajstić information content (AvgIpc) is 2.63. The third-order valence-electron chi connectivity index (χ3n) is 4.51. The van der Waals surface area contributed by atoms with Gasteiger partial charge in [0.1, 0.15) is 4.99 Å². The minimum Gasteiger partial charge on any atom is -0.388 e. The maximum absolute atomic E-state index is 5.58. The molecule has 0 amide bonds. The van der Waals surface area contributed by atoms with Crippen LogP contribution in [0.2, 0.25) is 0 Å². The van der Waals surface area contributed by atoms with Gasteiger partial charge in [-0.05, 0) is 38.4 Å². The molecule has 4 nitrogen and oxygen atoms in total. The fourth-order valence-electron chi connectivity index (χ4n) is 3.26. The Labute approximate surface area is 119 Å². The van der Waals surface area contributed by atoms with E-state index in [0.717, 1.165) is 19.1 Å². The number of nitrogens with zero attached hydrogens (tertiary/aromatic N) is 3. The lowest BCUT2D eigenvalue weighted by molar-refractivity contribution is 0.254. The number of fused-ring (bicyclic) bond motifs is 2. The number of hydrogen-bond donors (Lipinski definition) is 1. The van der Waals surface area contributed by atoms with Gasteiger partial charge in [-0.25, -0.2) is 0 Å². The van der Waals surface area contributed by atoms with Crippen LogP contribution in [0.25, 0.3) is 0 Å². The third kappa shape index (κ3) is 2.44. The first-order valence-corrected chi connectivity index (χ1v) is 7.28. The predicted molar refractivity (Wildman–Crippen MR) is 81.5 cm³/mol. The summed E-state index contributed by atoms with van der Waals surface area (Å²) in [7, 11) is 2.26. The van der Waals surface area contributed by atoms with Gasteiger partial charge in [-0.1, -0.05) is 12.2 Å². The van der Waals surface area contributed by atoms with Crippen molar-refractivity contribution in [2.45, 2.75) is 31.3 Å². The van der Waals surface area contributed by atoms with Crippen molar-refractivity contribution in [2.75, 3.05) is 25.0 Å². The van der Waals surface area contributed by atoms with Gasteiger partial charge in [0.15, 0.2) is 0 Å². The monoisotopic (exact) mass is 276 g/mol. The van der Waals surface area contributed by atoms with E-state index >= 15 is 0 Å². The maximum atomic E-state index is 5.58. The summed E-state index contributed by atoms with van der Waals surface area (Å²) in [5.74, 6) is 0. The molecule has 2 bridgehead atoms. The predicted octanol–water partition coefficient (Wildman–Crippen LogP) is 1.39. The highest BCUT2D eigenvalue weighted by molar-refractivity contribution is 7.80. The quantitative estimate of drug-likeness (QED) is 0.827. The minimum atomic E-state index is 0.362. The van der Waals surface area contributed by atoms with E-state index in [4.69, 9.17) is 18.0 Å². The third-order valence-corrected chi connectivity index (χ3v) is 4.72. The molecule has 102 valence electrons. The van der Waals surface area contributed by atoms with Crippen LogP contribution in [0, 0.1) is 0 Å². The first-order chi connectivity index (χ1) is 9.15. The van der Waals surface area contributed by atoms with Gasteiger partial charge in [-0.2, -0.15) is 0 Å². The van der Waals surface area contributed by atoms with Crippen LogP contribution >= 0.6 is 12.2 Å². The molecular formula is C14H20N4S.